The van der Waals surface area contributed by atoms with Crippen LogP contribution in [-0.2, 0) is 6.42 Å². The molecule has 29 heavy (non-hydrogen) atoms. The number of halogens is 2. The van der Waals surface area contributed by atoms with Gasteiger partial charge in [-0.3, -0.25) is 0 Å². The van der Waals surface area contributed by atoms with Crippen LogP contribution in [0.3, 0.4) is 0 Å². The summed E-state index contributed by atoms with van der Waals surface area (Å²) < 4.78 is 27.1. The van der Waals surface area contributed by atoms with Crippen LogP contribution in [0.25, 0.3) is 21.9 Å². The molecule has 0 N–H and O–H groups in total. The fraction of sp³-hybridized carbons (Fsp3) is 0.111. The van der Waals surface area contributed by atoms with Gasteiger partial charge in [0.05, 0.1) is 0 Å². The lowest BCUT2D eigenvalue weighted by Crippen LogP contribution is -1.87. The van der Waals surface area contributed by atoms with Crippen LogP contribution in [-0.4, -0.2) is 0 Å². The predicted molar refractivity (Wildman–Crippen MR) is 116 cm³/mol. The van der Waals surface area contributed by atoms with Crippen molar-refractivity contribution in [2.75, 3.05) is 0 Å². The van der Waals surface area contributed by atoms with Gasteiger partial charge in [0, 0.05) is 16.5 Å². The highest BCUT2D eigenvalue weighted by molar-refractivity contribution is 5.84. The molecule has 0 bridgehead atoms. The van der Waals surface area contributed by atoms with Crippen LogP contribution in [0.5, 0.6) is 0 Å². The zero-order chi connectivity index (χ0) is 20.2. The first-order valence-corrected chi connectivity index (χ1v) is 9.73. The molecule has 2 heteroatoms. The quantitative estimate of drug-likeness (QED) is 0.330. The number of aryl methyl sites for hydroxylation is 1. The lowest BCUT2D eigenvalue weighted by Gasteiger charge is -2.04. The van der Waals surface area contributed by atoms with E-state index in [2.05, 4.69) is 55.2 Å². The van der Waals surface area contributed by atoms with Crippen molar-refractivity contribution in [2.24, 2.45) is 0 Å². The molecule has 0 spiro atoms. The SMILES string of the molecule is CCCc1ccc(-c2ccc(C#Cc3ccc4c(F)c(F)ccc4c3)cc2)cc1. The van der Waals surface area contributed by atoms with E-state index in [1.54, 1.807) is 24.3 Å². The molecule has 0 saturated carbocycles. The highest BCUT2D eigenvalue weighted by atomic mass is 19.2. The van der Waals surface area contributed by atoms with Gasteiger partial charge in [-0.1, -0.05) is 73.7 Å². The van der Waals surface area contributed by atoms with Crippen LogP contribution >= 0.6 is 0 Å². The first-order chi connectivity index (χ1) is 14.1. The van der Waals surface area contributed by atoms with Crippen molar-refractivity contribution in [3.8, 4) is 23.0 Å². The molecule has 0 amide bonds. The van der Waals surface area contributed by atoms with Gasteiger partial charge in [0.15, 0.2) is 11.6 Å². The van der Waals surface area contributed by atoms with Crippen molar-refractivity contribution in [3.63, 3.8) is 0 Å². The molecule has 4 aromatic rings. The van der Waals surface area contributed by atoms with E-state index in [4.69, 9.17) is 0 Å². The maximum atomic E-state index is 13.8. The van der Waals surface area contributed by atoms with Crippen LogP contribution in [0, 0.1) is 23.5 Å². The molecule has 0 atom stereocenters. The lowest BCUT2D eigenvalue weighted by molar-refractivity contribution is 0.517. The zero-order valence-corrected chi connectivity index (χ0v) is 16.2. The van der Waals surface area contributed by atoms with Crippen LogP contribution in [0.1, 0.15) is 30.0 Å². The third-order valence-electron chi connectivity index (χ3n) is 4.97. The number of rotatable bonds is 3. The zero-order valence-electron chi connectivity index (χ0n) is 16.2. The molecular weight excluding hydrogens is 362 g/mol. The molecule has 4 aromatic carbocycles. The molecule has 0 unspecified atom stereocenters. The van der Waals surface area contributed by atoms with Gasteiger partial charge in [-0.15, -0.1) is 0 Å². The molecule has 0 aliphatic heterocycles. The fourth-order valence-corrected chi connectivity index (χ4v) is 3.39. The summed E-state index contributed by atoms with van der Waals surface area (Å²) >= 11 is 0. The largest absolute Gasteiger partial charge is 0.204 e. The van der Waals surface area contributed by atoms with Gasteiger partial charge in [-0.2, -0.15) is 0 Å². The Morgan fingerprint density at radius 2 is 1.31 bits per heavy atom. The second-order valence-electron chi connectivity index (χ2n) is 7.07. The molecule has 0 fully saturated rings. The third-order valence-corrected chi connectivity index (χ3v) is 4.97. The first kappa shape index (κ1) is 18.9. The highest BCUT2D eigenvalue weighted by Gasteiger charge is 2.06. The standard InChI is InChI=1S/C27H20F2/c1-2-3-19-6-11-22(12-7-19)23-13-8-20(9-14-23)4-5-21-10-16-25-24(18-21)15-17-26(28)27(25)29/h6-18H,2-3H2,1H3. The Labute approximate surface area is 169 Å². The van der Waals surface area contributed by atoms with Crippen LogP contribution in [0.2, 0.25) is 0 Å². The smallest absolute Gasteiger partial charge is 0.166 e. The van der Waals surface area contributed by atoms with Crippen molar-refractivity contribution in [2.45, 2.75) is 19.8 Å². The molecule has 0 radical (unpaired) electrons. The van der Waals surface area contributed by atoms with E-state index >= 15 is 0 Å². The first-order valence-electron chi connectivity index (χ1n) is 9.73. The fourth-order valence-electron chi connectivity index (χ4n) is 3.39. The molecule has 0 heterocycles. The lowest BCUT2D eigenvalue weighted by atomic mass is 10.0. The number of fused-ring (bicyclic) bond motifs is 1. The Kier molecular flexibility index (Phi) is 5.40. The maximum absolute atomic E-state index is 13.8. The molecule has 0 saturated heterocycles. The van der Waals surface area contributed by atoms with E-state index in [1.165, 1.54) is 11.1 Å². The number of hydrogen-bond acceptors (Lipinski definition) is 0. The Morgan fingerprint density at radius 1 is 0.690 bits per heavy atom. The van der Waals surface area contributed by atoms with Crippen molar-refractivity contribution < 1.29 is 8.78 Å². The van der Waals surface area contributed by atoms with Crippen molar-refractivity contribution in [1.82, 2.24) is 0 Å². The van der Waals surface area contributed by atoms with E-state index in [9.17, 15) is 8.78 Å². The summed E-state index contributed by atoms with van der Waals surface area (Å²) in [6.45, 7) is 2.18. The molecular formula is C27H20F2. The topological polar surface area (TPSA) is 0 Å². The summed E-state index contributed by atoms with van der Waals surface area (Å²) in [7, 11) is 0. The summed E-state index contributed by atoms with van der Waals surface area (Å²) in [5, 5.41) is 0.905. The molecule has 0 aliphatic carbocycles. The van der Waals surface area contributed by atoms with Crippen molar-refractivity contribution >= 4 is 10.8 Å². The minimum atomic E-state index is -0.837. The maximum Gasteiger partial charge on any atom is 0.166 e. The van der Waals surface area contributed by atoms with E-state index < -0.39 is 11.6 Å². The van der Waals surface area contributed by atoms with Crippen LogP contribution in [0.4, 0.5) is 8.78 Å². The van der Waals surface area contributed by atoms with E-state index in [-0.39, 0.29) is 5.39 Å². The van der Waals surface area contributed by atoms with Crippen LogP contribution in [0.15, 0.2) is 78.9 Å². The average molecular weight is 382 g/mol. The van der Waals surface area contributed by atoms with E-state index in [0.29, 0.717) is 5.39 Å². The van der Waals surface area contributed by atoms with Gasteiger partial charge in [0.2, 0.25) is 0 Å². The minimum Gasteiger partial charge on any atom is -0.204 e. The van der Waals surface area contributed by atoms with Gasteiger partial charge in [0.25, 0.3) is 0 Å². The van der Waals surface area contributed by atoms with Gasteiger partial charge >= 0.3 is 0 Å². The van der Waals surface area contributed by atoms with E-state index in [1.807, 2.05) is 12.1 Å². The van der Waals surface area contributed by atoms with Crippen LogP contribution < -0.4 is 0 Å². The van der Waals surface area contributed by atoms with Crippen molar-refractivity contribution in [1.29, 1.82) is 0 Å². The van der Waals surface area contributed by atoms with E-state index in [0.717, 1.165) is 35.6 Å². The van der Waals surface area contributed by atoms with Crippen molar-refractivity contribution in [3.05, 3.63) is 107 Å². The van der Waals surface area contributed by atoms with Gasteiger partial charge in [-0.05, 0) is 58.8 Å². The average Bonchev–Trinajstić information content (AvgIpc) is 2.76. The Bertz CT molecular complexity index is 1210. The second kappa shape index (κ2) is 8.29. The molecule has 4 rings (SSSR count). The summed E-state index contributed by atoms with van der Waals surface area (Å²) in [5.41, 5.74) is 5.37. The molecule has 0 aromatic heterocycles. The Balaban J connectivity index is 1.54. The molecule has 0 nitrogen and oxygen atoms in total. The molecule has 142 valence electrons. The minimum absolute atomic E-state index is 0.268. The van der Waals surface area contributed by atoms with Gasteiger partial charge in [0.1, 0.15) is 0 Å². The monoisotopic (exact) mass is 382 g/mol. The van der Waals surface area contributed by atoms with Gasteiger partial charge in [-0.25, -0.2) is 8.78 Å². The summed E-state index contributed by atoms with van der Waals surface area (Å²) in [6, 6.07) is 24.6. The number of hydrogen-bond donors (Lipinski definition) is 0. The second-order valence-corrected chi connectivity index (χ2v) is 7.07. The number of benzene rings is 4. The normalized spacial score (nSPS) is 10.6. The Morgan fingerprint density at radius 3 is 2.00 bits per heavy atom. The predicted octanol–water partition coefficient (Wildman–Crippen LogP) is 7.14. The summed E-state index contributed by atoms with van der Waals surface area (Å²) in [4.78, 5) is 0. The molecule has 0 aliphatic rings. The summed E-state index contributed by atoms with van der Waals surface area (Å²) in [5.74, 6) is 4.58. The third kappa shape index (κ3) is 4.20. The highest BCUT2D eigenvalue weighted by Crippen LogP contribution is 2.22. The summed E-state index contributed by atoms with van der Waals surface area (Å²) in [6.07, 6.45) is 2.25. The Hall–Kier alpha value is -3.44. The van der Waals surface area contributed by atoms with Gasteiger partial charge < -0.3 is 0 Å².